The number of alkyl halides is 3. The monoisotopic (exact) mass is 238 g/mol. The van der Waals surface area contributed by atoms with Crippen LogP contribution in [-0.2, 0) is 9.47 Å². The van der Waals surface area contributed by atoms with E-state index in [9.17, 15) is 30.7 Å². The molecule has 0 fully saturated rings. The van der Waals surface area contributed by atoms with Crippen molar-refractivity contribution in [1.29, 1.82) is 0 Å². The number of hydrogen-bond acceptors (Lipinski definition) is 2. The summed E-state index contributed by atoms with van der Waals surface area (Å²) in [4.78, 5) is 0. The molecule has 1 unspecified atom stereocenters. The van der Waals surface area contributed by atoms with Crippen molar-refractivity contribution in [2.24, 2.45) is 0 Å². The van der Waals surface area contributed by atoms with Crippen molar-refractivity contribution < 1.29 is 40.2 Å². The van der Waals surface area contributed by atoms with Gasteiger partial charge in [0, 0.05) is 0 Å². The molecule has 0 bridgehead atoms. The Kier molecular flexibility index (Phi) is 2.82. The average Bonchev–Trinajstić information content (AvgIpc) is 2.44. The lowest BCUT2D eigenvalue weighted by Crippen LogP contribution is -2.22. The van der Waals surface area contributed by atoms with Crippen molar-refractivity contribution in [2.45, 2.75) is 12.5 Å². The number of rotatable bonds is 2. The van der Waals surface area contributed by atoms with Crippen LogP contribution < -0.4 is 0 Å². The summed E-state index contributed by atoms with van der Waals surface area (Å²) < 4.78 is 91.4. The molecule has 0 aromatic heterocycles. The van der Waals surface area contributed by atoms with Crippen molar-refractivity contribution in [3.63, 3.8) is 0 Å². The Morgan fingerprint density at radius 2 is 1.67 bits per heavy atom. The van der Waals surface area contributed by atoms with E-state index in [-0.39, 0.29) is 0 Å². The van der Waals surface area contributed by atoms with Crippen LogP contribution in [0.3, 0.4) is 0 Å². The summed E-state index contributed by atoms with van der Waals surface area (Å²) in [6.07, 6.45) is -3.37. The van der Waals surface area contributed by atoms with Crippen molar-refractivity contribution in [3.8, 4) is 0 Å². The van der Waals surface area contributed by atoms with Gasteiger partial charge in [0.25, 0.3) is 5.76 Å². The fourth-order valence-electron chi connectivity index (χ4n) is 0.714. The minimum absolute atomic E-state index is 2.26. The summed E-state index contributed by atoms with van der Waals surface area (Å²) in [6, 6.07) is -2.29. The molecule has 0 radical (unpaired) electrons. The molecule has 1 aliphatic rings. The van der Waals surface area contributed by atoms with Gasteiger partial charge >= 0.3 is 24.6 Å². The zero-order chi connectivity index (χ0) is 11.8. The van der Waals surface area contributed by atoms with Crippen molar-refractivity contribution in [3.05, 3.63) is 23.7 Å². The molecule has 15 heavy (non-hydrogen) atoms. The third-order valence-corrected chi connectivity index (χ3v) is 1.31. The average molecular weight is 238 g/mol. The van der Waals surface area contributed by atoms with E-state index in [1.807, 2.05) is 0 Å². The van der Waals surface area contributed by atoms with E-state index >= 15 is 0 Å². The molecule has 0 aromatic rings. The molecule has 1 rings (SSSR count). The maximum Gasteiger partial charge on any atom is 0.398 e. The first-order valence-electron chi connectivity index (χ1n) is 3.23. The molecule has 0 saturated heterocycles. The van der Waals surface area contributed by atoms with E-state index < -0.39 is 36.1 Å². The van der Waals surface area contributed by atoms with Gasteiger partial charge in [0.15, 0.2) is 0 Å². The van der Waals surface area contributed by atoms with Crippen LogP contribution in [0.25, 0.3) is 0 Å². The Balaban J connectivity index is 3.08. The van der Waals surface area contributed by atoms with Crippen LogP contribution >= 0.6 is 0 Å². The van der Waals surface area contributed by atoms with Gasteiger partial charge in [0.05, 0.1) is 0 Å². The van der Waals surface area contributed by atoms with E-state index in [0.29, 0.717) is 0 Å². The van der Waals surface area contributed by atoms with Gasteiger partial charge in [-0.1, -0.05) is 0 Å². The van der Waals surface area contributed by atoms with E-state index in [1.54, 1.807) is 0 Å². The third-order valence-electron chi connectivity index (χ3n) is 1.31. The quantitative estimate of drug-likeness (QED) is 0.688. The van der Waals surface area contributed by atoms with E-state index in [0.717, 1.165) is 0 Å². The second kappa shape index (κ2) is 3.63. The molecule has 2 nitrogen and oxygen atoms in total. The van der Waals surface area contributed by atoms with Gasteiger partial charge < -0.3 is 9.47 Å². The van der Waals surface area contributed by atoms with E-state index in [4.69, 9.17) is 0 Å². The lowest BCUT2D eigenvalue weighted by molar-refractivity contribution is -0.158. The standard InChI is InChI=1S/C6HF7O2/c7-1(3(8)9)6(12,13)2-4(10)15-5(11)14-2/h5H. The first-order valence-corrected chi connectivity index (χ1v) is 3.23. The number of hydrogen-bond donors (Lipinski definition) is 0. The molecule has 0 saturated carbocycles. The summed E-state index contributed by atoms with van der Waals surface area (Å²) in [6.45, 7) is -2.92. The minimum atomic E-state index is -5.11. The molecule has 0 aliphatic carbocycles. The van der Waals surface area contributed by atoms with E-state index in [2.05, 4.69) is 9.47 Å². The van der Waals surface area contributed by atoms with Crippen LogP contribution in [-0.4, -0.2) is 12.5 Å². The first-order chi connectivity index (χ1) is 6.76. The van der Waals surface area contributed by atoms with Crippen LogP contribution in [0.15, 0.2) is 23.7 Å². The highest BCUT2D eigenvalue weighted by atomic mass is 19.3. The lowest BCUT2D eigenvalue weighted by atomic mass is 10.2. The first kappa shape index (κ1) is 11.7. The third kappa shape index (κ3) is 2.00. The van der Waals surface area contributed by atoms with Gasteiger partial charge in [0.2, 0.25) is 5.83 Å². The minimum Gasteiger partial charge on any atom is -0.420 e. The Morgan fingerprint density at radius 1 is 1.13 bits per heavy atom. The SMILES string of the molecule is FC(F)=C(F)C(F)(F)C1=C(F)OC(F)O1. The molecule has 1 aliphatic heterocycles. The fraction of sp³-hybridized carbons (Fsp3) is 0.333. The fourth-order valence-corrected chi connectivity index (χ4v) is 0.714. The van der Waals surface area contributed by atoms with Crippen LogP contribution in [0.5, 0.6) is 0 Å². The van der Waals surface area contributed by atoms with Crippen molar-refractivity contribution in [1.82, 2.24) is 0 Å². The molecule has 86 valence electrons. The number of allylic oxidation sites excluding steroid dienone is 1. The molecular weight excluding hydrogens is 237 g/mol. The van der Waals surface area contributed by atoms with Crippen LogP contribution in [0.4, 0.5) is 30.7 Å². The van der Waals surface area contributed by atoms with Crippen LogP contribution in [0.2, 0.25) is 0 Å². The molecule has 0 amide bonds. The molecule has 0 aromatic carbocycles. The Bertz CT molecular complexity index is 330. The van der Waals surface area contributed by atoms with Crippen LogP contribution in [0, 0.1) is 0 Å². The van der Waals surface area contributed by atoms with Gasteiger partial charge in [-0.15, -0.1) is 0 Å². The van der Waals surface area contributed by atoms with Gasteiger partial charge in [-0.3, -0.25) is 0 Å². The predicted octanol–water partition coefficient (Wildman–Crippen LogP) is 3.14. The molecule has 9 heteroatoms. The van der Waals surface area contributed by atoms with Crippen molar-refractivity contribution >= 4 is 0 Å². The zero-order valence-corrected chi connectivity index (χ0v) is 6.54. The highest BCUT2D eigenvalue weighted by Gasteiger charge is 2.52. The van der Waals surface area contributed by atoms with Gasteiger partial charge in [-0.05, 0) is 0 Å². The highest BCUT2D eigenvalue weighted by Crippen LogP contribution is 2.42. The zero-order valence-electron chi connectivity index (χ0n) is 6.54. The van der Waals surface area contributed by atoms with Crippen molar-refractivity contribution in [2.75, 3.05) is 0 Å². The van der Waals surface area contributed by atoms with Gasteiger partial charge in [-0.25, -0.2) is 0 Å². The smallest absolute Gasteiger partial charge is 0.398 e. The summed E-state index contributed by atoms with van der Waals surface area (Å²) in [5.74, 6) is -10.6. The molecular formula is C6HF7O2. The Hall–Kier alpha value is -1.41. The summed E-state index contributed by atoms with van der Waals surface area (Å²) in [5.41, 5.74) is 0. The normalized spacial score (nSPS) is 21.1. The van der Waals surface area contributed by atoms with E-state index in [1.165, 1.54) is 0 Å². The molecule has 0 spiro atoms. The van der Waals surface area contributed by atoms with Gasteiger partial charge in [-0.2, -0.15) is 30.7 Å². The molecule has 1 atom stereocenters. The predicted molar refractivity (Wildman–Crippen MR) is 30.5 cm³/mol. The topological polar surface area (TPSA) is 18.5 Å². The second-order valence-electron chi connectivity index (χ2n) is 2.26. The summed E-state index contributed by atoms with van der Waals surface area (Å²) in [5, 5.41) is 0. The number of ether oxygens (including phenoxy) is 2. The Morgan fingerprint density at radius 3 is 2.00 bits per heavy atom. The molecule has 1 heterocycles. The largest absolute Gasteiger partial charge is 0.420 e. The number of halogens is 7. The highest BCUT2D eigenvalue weighted by molar-refractivity contribution is 5.22. The maximum atomic E-state index is 12.6. The Labute approximate surface area is 77.6 Å². The second-order valence-corrected chi connectivity index (χ2v) is 2.26. The molecule has 0 N–H and O–H groups in total. The maximum absolute atomic E-state index is 12.6. The summed E-state index contributed by atoms with van der Waals surface area (Å²) in [7, 11) is 0. The van der Waals surface area contributed by atoms with Gasteiger partial charge in [0.1, 0.15) is 0 Å². The van der Waals surface area contributed by atoms with Crippen LogP contribution in [0.1, 0.15) is 0 Å². The summed E-state index contributed by atoms with van der Waals surface area (Å²) >= 11 is 0. The lowest BCUT2D eigenvalue weighted by Gasteiger charge is -2.12.